The highest BCUT2D eigenvalue weighted by Gasteiger charge is 2.16. The minimum absolute atomic E-state index is 0.143. The predicted molar refractivity (Wildman–Crippen MR) is 86.5 cm³/mol. The van der Waals surface area contributed by atoms with E-state index in [1.165, 1.54) is 28.0 Å². The fraction of sp³-hybridized carbons (Fsp3) is 0.312. The Morgan fingerprint density at radius 2 is 1.77 bits per heavy atom. The number of amides is 1. The smallest absolute Gasteiger partial charge is 0.338 e. The van der Waals surface area contributed by atoms with Gasteiger partial charge in [0.25, 0.3) is 5.91 Å². The quantitative estimate of drug-likeness (QED) is 0.624. The molecule has 0 saturated carbocycles. The number of esters is 1. The Labute approximate surface area is 149 Å². The Hall–Kier alpha value is -3.79. The maximum Gasteiger partial charge on any atom is 0.338 e. The molecule has 0 N–H and O–H groups in total. The molecule has 0 bridgehead atoms. The number of nitrogens with zero attached hydrogens (tertiary/aromatic N) is 7. The Morgan fingerprint density at radius 3 is 2.31 bits per heavy atom. The first-order valence-electron chi connectivity index (χ1n) is 7.68. The Bertz CT molecular complexity index is 801. The normalized spacial score (nSPS) is 9.77. The summed E-state index contributed by atoms with van der Waals surface area (Å²) in [4.78, 5) is 25.5. The lowest BCUT2D eigenvalue weighted by atomic mass is 10.2. The van der Waals surface area contributed by atoms with Crippen LogP contribution in [0.3, 0.4) is 0 Å². The largest absolute Gasteiger partial charge is 0.452 e. The number of hydrogen-bond donors (Lipinski definition) is 0. The van der Waals surface area contributed by atoms with Crippen molar-refractivity contribution in [1.29, 1.82) is 10.5 Å². The molecule has 1 amide bonds. The van der Waals surface area contributed by atoms with Crippen molar-refractivity contribution >= 4 is 11.9 Å². The van der Waals surface area contributed by atoms with Crippen LogP contribution in [0.4, 0.5) is 0 Å². The number of aromatic nitrogens is 4. The molecular weight excluding hydrogens is 338 g/mol. The van der Waals surface area contributed by atoms with Crippen LogP contribution < -0.4 is 0 Å². The van der Waals surface area contributed by atoms with Gasteiger partial charge in [-0.3, -0.25) is 4.79 Å². The molecule has 0 spiro atoms. The van der Waals surface area contributed by atoms with E-state index in [1.54, 1.807) is 12.1 Å². The Morgan fingerprint density at radius 1 is 1.12 bits per heavy atom. The molecule has 26 heavy (non-hydrogen) atoms. The number of ether oxygens (including phenoxy) is 1. The van der Waals surface area contributed by atoms with E-state index in [0.717, 1.165) is 0 Å². The zero-order chi connectivity index (χ0) is 18.8. The summed E-state index contributed by atoms with van der Waals surface area (Å²) >= 11 is 0. The second-order valence-electron chi connectivity index (χ2n) is 5.07. The van der Waals surface area contributed by atoms with Crippen LogP contribution >= 0.6 is 0 Å². The first-order valence-corrected chi connectivity index (χ1v) is 7.68. The maximum absolute atomic E-state index is 12.1. The van der Waals surface area contributed by atoms with Gasteiger partial charge in [0, 0.05) is 13.1 Å². The number of hydrogen-bond acceptors (Lipinski definition) is 8. The fourth-order valence-electron chi connectivity index (χ4n) is 2.06. The van der Waals surface area contributed by atoms with Crippen molar-refractivity contribution in [2.24, 2.45) is 0 Å². The molecule has 0 aliphatic carbocycles. The molecule has 10 nitrogen and oxygen atoms in total. The lowest BCUT2D eigenvalue weighted by Gasteiger charge is -2.20. The van der Waals surface area contributed by atoms with E-state index in [0.29, 0.717) is 5.69 Å². The highest BCUT2D eigenvalue weighted by Crippen LogP contribution is 2.09. The van der Waals surface area contributed by atoms with Gasteiger partial charge in [0.2, 0.25) is 0 Å². The van der Waals surface area contributed by atoms with Crippen molar-refractivity contribution in [3.63, 3.8) is 0 Å². The molecule has 10 heteroatoms. The van der Waals surface area contributed by atoms with Gasteiger partial charge in [-0.1, -0.05) is 0 Å². The summed E-state index contributed by atoms with van der Waals surface area (Å²) in [6.45, 7) is -0.0746. The zero-order valence-corrected chi connectivity index (χ0v) is 13.8. The lowest BCUT2D eigenvalue weighted by Crippen LogP contribution is -2.36. The summed E-state index contributed by atoms with van der Waals surface area (Å²) < 4.78 is 6.45. The first kappa shape index (κ1) is 18.5. The minimum atomic E-state index is -0.651. The van der Waals surface area contributed by atoms with Crippen LogP contribution in [0.15, 0.2) is 30.6 Å². The molecule has 0 atom stereocenters. The third-order valence-electron chi connectivity index (χ3n) is 3.38. The molecule has 0 fully saturated rings. The SMILES string of the molecule is N#CCCN(CCC#N)C(=O)COC(=O)c1ccc(-n2cnnn2)cc1. The van der Waals surface area contributed by atoms with Crippen LogP contribution in [0.25, 0.3) is 5.69 Å². The minimum Gasteiger partial charge on any atom is -0.452 e. The van der Waals surface area contributed by atoms with Crippen LogP contribution in [0.2, 0.25) is 0 Å². The molecule has 2 aromatic rings. The average molecular weight is 353 g/mol. The van der Waals surface area contributed by atoms with E-state index in [2.05, 4.69) is 15.5 Å². The standard InChI is InChI=1S/C16H15N7O3/c17-7-1-9-22(10-2-8-18)15(24)11-26-16(25)13-3-5-14(6-4-13)23-12-19-20-21-23/h3-6,12H,1-2,9-11H2. The Balaban J connectivity index is 1.91. The van der Waals surface area contributed by atoms with Gasteiger partial charge in [0.15, 0.2) is 6.61 Å². The fourth-order valence-corrected chi connectivity index (χ4v) is 2.06. The second kappa shape index (κ2) is 9.49. The molecule has 1 aromatic carbocycles. The van der Waals surface area contributed by atoms with Crippen LogP contribution in [0.1, 0.15) is 23.2 Å². The molecule has 132 valence electrons. The van der Waals surface area contributed by atoms with E-state index in [9.17, 15) is 9.59 Å². The number of rotatable bonds is 8. The summed E-state index contributed by atoms with van der Waals surface area (Å²) in [7, 11) is 0. The molecule has 0 saturated heterocycles. The monoisotopic (exact) mass is 353 g/mol. The van der Waals surface area contributed by atoms with Crippen molar-refractivity contribution in [2.45, 2.75) is 12.8 Å². The maximum atomic E-state index is 12.1. The van der Waals surface area contributed by atoms with E-state index >= 15 is 0 Å². The van der Waals surface area contributed by atoms with Gasteiger partial charge in [0.05, 0.1) is 36.2 Å². The van der Waals surface area contributed by atoms with E-state index < -0.39 is 18.5 Å². The van der Waals surface area contributed by atoms with Crippen LogP contribution in [-0.4, -0.2) is 56.7 Å². The van der Waals surface area contributed by atoms with Gasteiger partial charge < -0.3 is 9.64 Å². The van der Waals surface area contributed by atoms with Crippen molar-refractivity contribution in [3.05, 3.63) is 36.2 Å². The molecule has 0 radical (unpaired) electrons. The summed E-state index contributed by atoms with van der Waals surface area (Å²) in [5.74, 6) is -1.10. The number of benzene rings is 1. The number of carbonyl (C=O) groups is 2. The van der Waals surface area contributed by atoms with Gasteiger partial charge in [0.1, 0.15) is 6.33 Å². The second-order valence-corrected chi connectivity index (χ2v) is 5.07. The van der Waals surface area contributed by atoms with Gasteiger partial charge >= 0.3 is 5.97 Å². The van der Waals surface area contributed by atoms with Gasteiger partial charge in [-0.25, -0.2) is 9.48 Å². The number of nitriles is 2. The van der Waals surface area contributed by atoms with E-state index in [1.807, 2.05) is 12.1 Å². The summed E-state index contributed by atoms with van der Waals surface area (Å²) in [5.41, 5.74) is 0.942. The molecule has 0 aliphatic rings. The third kappa shape index (κ3) is 5.11. The predicted octanol–water partition coefficient (Wildman–Crippen LogP) is 0.475. The topological polar surface area (TPSA) is 138 Å². The number of tetrazole rings is 1. The summed E-state index contributed by atoms with van der Waals surface area (Å²) in [6.07, 6.45) is 1.70. The molecule has 1 aromatic heterocycles. The molecule has 0 unspecified atom stereocenters. The van der Waals surface area contributed by atoms with Crippen molar-refractivity contribution in [3.8, 4) is 17.8 Å². The van der Waals surface area contributed by atoms with Crippen LogP contribution in [0, 0.1) is 22.7 Å². The number of carbonyl (C=O) groups excluding carboxylic acids is 2. The van der Waals surface area contributed by atoms with Crippen molar-refractivity contribution in [1.82, 2.24) is 25.1 Å². The van der Waals surface area contributed by atoms with Gasteiger partial charge in [-0.15, -0.1) is 5.10 Å². The van der Waals surface area contributed by atoms with E-state index in [4.69, 9.17) is 15.3 Å². The Kier molecular flexibility index (Phi) is 6.77. The first-order chi connectivity index (χ1) is 12.7. The highest BCUT2D eigenvalue weighted by atomic mass is 16.5. The average Bonchev–Trinajstić information content (AvgIpc) is 3.21. The molecule has 0 aliphatic heterocycles. The zero-order valence-electron chi connectivity index (χ0n) is 13.8. The van der Waals surface area contributed by atoms with Crippen LogP contribution in [0.5, 0.6) is 0 Å². The summed E-state index contributed by atoms with van der Waals surface area (Å²) in [6, 6.07) is 10.2. The summed E-state index contributed by atoms with van der Waals surface area (Å²) in [5, 5.41) is 28.0. The van der Waals surface area contributed by atoms with Crippen molar-refractivity contribution in [2.75, 3.05) is 19.7 Å². The van der Waals surface area contributed by atoms with E-state index in [-0.39, 0.29) is 31.5 Å². The van der Waals surface area contributed by atoms with Gasteiger partial charge in [-0.2, -0.15) is 10.5 Å². The highest BCUT2D eigenvalue weighted by molar-refractivity contribution is 5.91. The molecule has 1 heterocycles. The van der Waals surface area contributed by atoms with Gasteiger partial charge in [-0.05, 0) is 34.7 Å². The van der Waals surface area contributed by atoms with Crippen molar-refractivity contribution < 1.29 is 14.3 Å². The molecule has 2 rings (SSSR count). The molecular formula is C16H15N7O3. The third-order valence-corrected chi connectivity index (χ3v) is 3.38. The lowest BCUT2D eigenvalue weighted by molar-refractivity contribution is -0.134. The van der Waals surface area contributed by atoms with Crippen LogP contribution in [-0.2, 0) is 9.53 Å².